The monoisotopic (exact) mass is 453 g/mol. The second kappa shape index (κ2) is 12.2. The van der Waals surface area contributed by atoms with E-state index >= 15 is 0 Å². The van der Waals surface area contributed by atoms with Crippen molar-refractivity contribution in [2.45, 2.75) is 66.2 Å². The molecule has 0 saturated carbocycles. The first-order valence-electron chi connectivity index (χ1n) is 11.9. The summed E-state index contributed by atoms with van der Waals surface area (Å²) in [5.74, 6) is 1.15. The Bertz CT molecular complexity index is 1130. The molecular weight excluding hydrogens is 418 g/mol. The maximum absolute atomic E-state index is 12.9. The van der Waals surface area contributed by atoms with E-state index in [4.69, 9.17) is 14.6 Å². The third kappa shape index (κ3) is 6.01. The van der Waals surface area contributed by atoms with E-state index in [9.17, 15) is 4.79 Å². The number of benzene rings is 1. The Kier molecular flexibility index (Phi) is 9.06. The van der Waals surface area contributed by atoms with Crippen LogP contribution in [0.15, 0.2) is 41.1 Å². The standard InChI is InChI=1S/C25H35N5O3/c1-5-8-9-10-14-20(18(4)29-33-7-3)30-17-26-22-24(30)27-23(28-25(22)31)19-13-11-12-15-21(19)32-16-6-2/h11-13,15,17,29H,5-10,14,16H2,1-4H3,(H,27,28,31). The van der Waals surface area contributed by atoms with Crippen molar-refractivity contribution >= 4 is 16.9 Å². The second-order valence-corrected chi connectivity index (χ2v) is 7.96. The molecule has 0 amide bonds. The molecule has 33 heavy (non-hydrogen) atoms. The molecule has 2 aromatic heterocycles. The molecule has 3 aromatic rings. The fourth-order valence-electron chi connectivity index (χ4n) is 3.68. The van der Waals surface area contributed by atoms with Crippen molar-refractivity contribution in [3.63, 3.8) is 0 Å². The van der Waals surface area contributed by atoms with Crippen LogP contribution in [0, 0.1) is 0 Å². The Morgan fingerprint density at radius 3 is 2.70 bits per heavy atom. The molecule has 1 aromatic carbocycles. The molecule has 0 atom stereocenters. The van der Waals surface area contributed by atoms with Crippen LogP contribution in [-0.4, -0.2) is 32.7 Å². The molecule has 0 fully saturated rings. The highest BCUT2D eigenvalue weighted by Crippen LogP contribution is 2.28. The van der Waals surface area contributed by atoms with E-state index in [0.29, 0.717) is 36.0 Å². The van der Waals surface area contributed by atoms with Gasteiger partial charge in [-0.25, -0.2) is 9.97 Å². The average Bonchev–Trinajstić information content (AvgIpc) is 3.25. The summed E-state index contributed by atoms with van der Waals surface area (Å²) in [5, 5.41) is 0. The van der Waals surface area contributed by atoms with Gasteiger partial charge in [-0.05, 0) is 45.2 Å². The number of ether oxygens (including phenoxy) is 1. The Balaban J connectivity index is 2.08. The van der Waals surface area contributed by atoms with Crippen LogP contribution in [0.1, 0.15) is 66.2 Å². The molecule has 0 unspecified atom stereocenters. The molecule has 0 bridgehead atoms. The predicted molar refractivity (Wildman–Crippen MR) is 132 cm³/mol. The summed E-state index contributed by atoms with van der Waals surface area (Å²) in [7, 11) is 0. The predicted octanol–water partition coefficient (Wildman–Crippen LogP) is 5.28. The first-order chi connectivity index (χ1) is 16.1. The number of nitrogens with one attached hydrogen (secondary N) is 2. The highest BCUT2D eigenvalue weighted by molar-refractivity contribution is 5.77. The van der Waals surface area contributed by atoms with Crippen LogP contribution in [0.2, 0.25) is 0 Å². The molecule has 0 aliphatic rings. The molecule has 2 heterocycles. The van der Waals surface area contributed by atoms with Crippen molar-refractivity contribution in [3.8, 4) is 17.1 Å². The molecule has 0 aliphatic carbocycles. The van der Waals surface area contributed by atoms with Gasteiger partial charge in [0.1, 0.15) is 17.9 Å². The van der Waals surface area contributed by atoms with Crippen molar-refractivity contribution in [1.29, 1.82) is 0 Å². The Morgan fingerprint density at radius 2 is 1.94 bits per heavy atom. The van der Waals surface area contributed by atoms with Gasteiger partial charge in [0.25, 0.3) is 5.56 Å². The van der Waals surface area contributed by atoms with Crippen LogP contribution in [0.5, 0.6) is 5.75 Å². The molecule has 8 nitrogen and oxygen atoms in total. The largest absolute Gasteiger partial charge is 0.493 e. The van der Waals surface area contributed by atoms with Crippen molar-refractivity contribution in [1.82, 2.24) is 25.0 Å². The third-order valence-corrected chi connectivity index (χ3v) is 5.37. The highest BCUT2D eigenvalue weighted by Gasteiger charge is 2.17. The van der Waals surface area contributed by atoms with Crippen molar-refractivity contribution < 1.29 is 9.57 Å². The van der Waals surface area contributed by atoms with Gasteiger partial charge in [-0.2, -0.15) is 0 Å². The summed E-state index contributed by atoms with van der Waals surface area (Å²) in [4.78, 5) is 30.4. The van der Waals surface area contributed by atoms with E-state index in [0.717, 1.165) is 42.6 Å². The maximum atomic E-state index is 12.9. The fourth-order valence-corrected chi connectivity index (χ4v) is 3.68. The number of imidazole rings is 1. The number of fused-ring (bicyclic) bond motifs is 1. The minimum absolute atomic E-state index is 0.278. The van der Waals surface area contributed by atoms with Gasteiger partial charge in [0.2, 0.25) is 0 Å². The summed E-state index contributed by atoms with van der Waals surface area (Å²) >= 11 is 0. The topological polar surface area (TPSA) is 94.1 Å². The van der Waals surface area contributed by atoms with Crippen LogP contribution in [0.25, 0.3) is 28.2 Å². The van der Waals surface area contributed by atoms with Crippen molar-refractivity contribution in [2.24, 2.45) is 0 Å². The van der Waals surface area contributed by atoms with E-state index in [-0.39, 0.29) is 5.56 Å². The molecule has 0 aliphatic heterocycles. The number of H-pyrrole nitrogens is 1. The smallest absolute Gasteiger partial charge is 0.279 e. The summed E-state index contributed by atoms with van der Waals surface area (Å²) < 4.78 is 7.79. The van der Waals surface area contributed by atoms with Crippen LogP contribution >= 0.6 is 0 Å². The molecular formula is C25H35N5O3. The molecule has 3 rings (SSSR count). The zero-order valence-electron chi connectivity index (χ0n) is 20.1. The summed E-state index contributed by atoms with van der Waals surface area (Å²) in [6.07, 6.45) is 7.89. The van der Waals surface area contributed by atoms with Crippen LogP contribution in [-0.2, 0) is 4.84 Å². The summed E-state index contributed by atoms with van der Waals surface area (Å²) in [5.41, 5.74) is 6.17. The first kappa shape index (κ1) is 24.5. The SMILES string of the molecule is CCCCCCC(=C(C)NOCC)n1cnc2c(=O)[nH]c(-c3ccccc3OCCC)nc21. The quantitative estimate of drug-likeness (QED) is 0.270. The molecule has 178 valence electrons. The van der Waals surface area contributed by atoms with Gasteiger partial charge >= 0.3 is 0 Å². The lowest BCUT2D eigenvalue weighted by Crippen LogP contribution is -2.16. The van der Waals surface area contributed by atoms with E-state index < -0.39 is 0 Å². The number of hydrogen-bond acceptors (Lipinski definition) is 6. The molecule has 2 N–H and O–H groups in total. The summed E-state index contributed by atoms with van der Waals surface area (Å²) in [6, 6.07) is 7.61. The number of aromatic nitrogens is 4. The number of allylic oxidation sites excluding steroid dienone is 2. The fraction of sp³-hybridized carbons (Fsp3) is 0.480. The van der Waals surface area contributed by atoms with Crippen molar-refractivity contribution in [3.05, 3.63) is 46.6 Å². The average molecular weight is 454 g/mol. The lowest BCUT2D eigenvalue weighted by molar-refractivity contribution is 0.0737. The number of hydrogen-bond donors (Lipinski definition) is 2. The maximum Gasteiger partial charge on any atom is 0.279 e. The zero-order valence-corrected chi connectivity index (χ0v) is 20.1. The highest BCUT2D eigenvalue weighted by atomic mass is 16.6. The number of nitrogens with zero attached hydrogens (tertiary/aromatic N) is 3. The molecule has 8 heteroatoms. The molecule has 0 saturated heterocycles. The van der Waals surface area contributed by atoms with E-state index in [1.807, 2.05) is 42.7 Å². The number of hydroxylamine groups is 1. The van der Waals surface area contributed by atoms with Gasteiger partial charge < -0.3 is 9.72 Å². The normalized spacial score (nSPS) is 12.1. The van der Waals surface area contributed by atoms with Gasteiger partial charge in [0.15, 0.2) is 11.2 Å². The Morgan fingerprint density at radius 1 is 1.12 bits per heavy atom. The second-order valence-electron chi connectivity index (χ2n) is 7.96. The van der Waals surface area contributed by atoms with Crippen LogP contribution < -0.4 is 15.8 Å². The van der Waals surface area contributed by atoms with Crippen LogP contribution in [0.4, 0.5) is 0 Å². The Labute approximate surface area is 195 Å². The minimum Gasteiger partial charge on any atom is -0.493 e. The Hall–Kier alpha value is -3.13. The lowest BCUT2D eigenvalue weighted by atomic mass is 10.1. The zero-order chi connectivity index (χ0) is 23.6. The van der Waals surface area contributed by atoms with Gasteiger partial charge in [0, 0.05) is 5.70 Å². The van der Waals surface area contributed by atoms with Crippen LogP contribution in [0.3, 0.4) is 0 Å². The number of aromatic amines is 1. The molecule has 0 radical (unpaired) electrons. The van der Waals surface area contributed by atoms with E-state index in [1.54, 1.807) is 6.33 Å². The number of rotatable bonds is 13. The van der Waals surface area contributed by atoms with E-state index in [1.165, 1.54) is 12.8 Å². The number of unbranched alkanes of at least 4 members (excludes halogenated alkanes) is 3. The third-order valence-electron chi connectivity index (χ3n) is 5.37. The number of para-hydroxylation sites is 1. The molecule has 0 spiro atoms. The van der Waals surface area contributed by atoms with Crippen molar-refractivity contribution in [2.75, 3.05) is 13.2 Å². The van der Waals surface area contributed by atoms with Gasteiger partial charge in [-0.1, -0.05) is 45.2 Å². The van der Waals surface area contributed by atoms with Gasteiger partial charge in [0.05, 0.1) is 24.5 Å². The lowest BCUT2D eigenvalue weighted by Gasteiger charge is -2.16. The van der Waals surface area contributed by atoms with Gasteiger partial charge in [-0.3, -0.25) is 19.7 Å². The summed E-state index contributed by atoms with van der Waals surface area (Å²) in [6.45, 7) is 9.29. The first-order valence-corrected chi connectivity index (χ1v) is 11.9. The minimum atomic E-state index is -0.278. The van der Waals surface area contributed by atoms with Gasteiger partial charge in [-0.15, -0.1) is 0 Å². The van der Waals surface area contributed by atoms with E-state index in [2.05, 4.69) is 29.3 Å².